The van der Waals surface area contributed by atoms with Gasteiger partial charge in [0, 0.05) is 10.4 Å². The molecule has 0 aliphatic heterocycles. The average molecular weight is 463 g/mol. The largest absolute Gasteiger partial charge is 0.461 e. The van der Waals surface area contributed by atoms with Gasteiger partial charge in [0.15, 0.2) is 5.69 Å². The van der Waals surface area contributed by atoms with Gasteiger partial charge in [-0.15, -0.1) is 0 Å². The number of carbonyl (C=O) groups excluding carboxylic acids is 1. The van der Waals surface area contributed by atoms with Crippen LogP contribution in [0.5, 0.6) is 0 Å². The van der Waals surface area contributed by atoms with E-state index in [1.807, 2.05) is 0 Å². The summed E-state index contributed by atoms with van der Waals surface area (Å²) in [7, 11) is 0. The molecule has 9 heteroatoms. The van der Waals surface area contributed by atoms with E-state index in [-0.39, 0.29) is 17.9 Å². The van der Waals surface area contributed by atoms with Crippen molar-refractivity contribution in [3.63, 3.8) is 0 Å². The fraction of sp³-hybridized carbons (Fsp3) is 0.130. The molecule has 0 aliphatic carbocycles. The number of ether oxygens (including phenoxy) is 1. The first kappa shape index (κ1) is 21.8. The molecular formula is C23H15ClF4N2O2. The summed E-state index contributed by atoms with van der Waals surface area (Å²) in [6.07, 6.45) is -4.70. The number of benzene rings is 3. The topological polar surface area (TPSA) is 44.1 Å². The van der Waals surface area contributed by atoms with Crippen LogP contribution in [-0.4, -0.2) is 22.4 Å². The molecule has 0 saturated heterocycles. The van der Waals surface area contributed by atoms with E-state index in [2.05, 4.69) is 5.10 Å². The molecule has 0 bridgehead atoms. The summed E-state index contributed by atoms with van der Waals surface area (Å²) < 4.78 is 59.9. The van der Waals surface area contributed by atoms with Crippen LogP contribution in [0.3, 0.4) is 0 Å². The van der Waals surface area contributed by atoms with E-state index in [1.54, 1.807) is 37.3 Å². The van der Waals surface area contributed by atoms with Gasteiger partial charge in [-0.1, -0.05) is 23.7 Å². The predicted octanol–water partition coefficient (Wildman–Crippen LogP) is 6.68. The average Bonchev–Trinajstić information content (AvgIpc) is 3.12. The van der Waals surface area contributed by atoms with Crippen LogP contribution in [0.15, 0.2) is 60.7 Å². The van der Waals surface area contributed by atoms with Crippen LogP contribution in [0.2, 0.25) is 5.02 Å². The third-order valence-electron chi connectivity index (χ3n) is 4.76. The van der Waals surface area contributed by atoms with Crippen LogP contribution < -0.4 is 0 Å². The first-order valence-corrected chi connectivity index (χ1v) is 9.89. The Morgan fingerprint density at radius 1 is 1.06 bits per heavy atom. The number of fused-ring (bicyclic) bond motifs is 1. The van der Waals surface area contributed by atoms with Crippen molar-refractivity contribution in [2.45, 2.75) is 13.1 Å². The quantitative estimate of drug-likeness (QED) is 0.251. The molecule has 4 rings (SSSR count). The number of rotatable bonds is 4. The molecule has 0 radical (unpaired) electrons. The lowest BCUT2D eigenvalue weighted by molar-refractivity contribution is -0.137. The fourth-order valence-electron chi connectivity index (χ4n) is 3.37. The van der Waals surface area contributed by atoms with Crippen molar-refractivity contribution in [3.05, 3.63) is 82.8 Å². The second kappa shape index (κ2) is 8.27. The zero-order valence-electron chi connectivity index (χ0n) is 16.6. The van der Waals surface area contributed by atoms with Crippen molar-refractivity contribution < 1.29 is 27.1 Å². The Balaban J connectivity index is 1.93. The first-order chi connectivity index (χ1) is 15.2. The Morgan fingerprint density at radius 2 is 1.84 bits per heavy atom. The maximum atomic E-state index is 13.9. The Morgan fingerprint density at radius 3 is 2.53 bits per heavy atom. The second-order valence-electron chi connectivity index (χ2n) is 6.92. The smallest absolute Gasteiger partial charge is 0.416 e. The summed E-state index contributed by atoms with van der Waals surface area (Å²) in [5, 5.41) is 5.16. The van der Waals surface area contributed by atoms with Crippen molar-refractivity contribution in [2.24, 2.45) is 0 Å². The van der Waals surface area contributed by atoms with Crippen LogP contribution in [0.1, 0.15) is 23.0 Å². The van der Waals surface area contributed by atoms with Crippen molar-refractivity contribution in [1.82, 2.24) is 9.78 Å². The summed E-state index contributed by atoms with van der Waals surface area (Å²) in [6.45, 7) is 1.76. The predicted molar refractivity (Wildman–Crippen MR) is 112 cm³/mol. The molecule has 32 heavy (non-hydrogen) atoms. The van der Waals surface area contributed by atoms with Gasteiger partial charge in [0.2, 0.25) is 0 Å². The third kappa shape index (κ3) is 4.18. The first-order valence-electron chi connectivity index (χ1n) is 9.51. The number of hydrogen-bond acceptors (Lipinski definition) is 3. The minimum atomic E-state index is -4.70. The van der Waals surface area contributed by atoms with Crippen LogP contribution >= 0.6 is 11.6 Å². The number of esters is 1. The summed E-state index contributed by atoms with van der Waals surface area (Å²) in [4.78, 5) is 12.5. The van der Waals surface area contributed by atoms with Gasteiger partial charge in [0.25, 0.3) is 0 Å². The minimum Gasteiger partial charge on any atom is -0.461 e. The molecular weight excluding hydrogens is 448 g/mol. The highest BCUT2D eigenvalue weighted by atomic mass is 35.5. The molecule has 0 unspecified atom stereocenters. The van der Waals surface area contributed by atoms with Gasteiger partial charge in [-0.2, -0.15) is 18.3 Å². The third-order valence-corrected chi connectivity index (χ3v) is 4.99. The van der Waals surface area contributed by atoms with E-state index in [9.17, 15) is 22.4 Å². The molecule has 0 saturated carbocycles. The van der Waals surface area contributed by atoms with E-state index < -0.39 is 23.5 Å². The normalized spacial score (nSPS) is 11.7. The molecule has 1 heterocycles. The molecule has 0 aliphatic rings. The van der Waals surface area contributed by atoms with Crippen molar-refractivity contribution >= 4 is 28.5 Å². The Hall–Kier alpha value is -3.39. The lowest BCUT2D eigenvalue weighted by Gasteiger charge is -2.10. The van der Waals surface area contributed by atoms with Crippen molar-refractivity contribution in [2.75, 3.05) is 6.61 Å². The van der Waals surface area contributed by atoms with E-state index in [0.29, 0.717) is 33.2 Å². The Labute approximate surface area is 185 Å². The number of halogens is 5. The van der Waals surface area contributed by atoms with Crippen LogP contribution in [-0.2, 0) is 10.9 Å². The summed E-state index contributed by atoms with van der Waals surface area (Å²) in [6, 6.07) is 13.7. The maximum Gasteiger partial charge on any atom is 0.416 e. The highest BCUT2D eigenvalue weighted by molar-refractivity contribution is 6.30. The zero-order valence-corrected chi connectivity index (χ0v) is 17.3. The molecule has 1 aromatic heterocycles. The van der Waals surface area contributed by atoms with Crippen LogP contribution in [0.25, 0.3) is 27.7 Å². The van der Waals surface area contributed by atoms with Gasteiger partial charge in [0.1, 0.15) is 5.82 Å². The lowest BCUT2D eigenvalue weighted by Crippen LogP contribution is -2.07. The van der Waals surface area contributed by atoms with E-state index >= 15 is 0 Å². The van der Waals surface area contributed by atoms with Gasteiger partial charge in [0.05, 0.1) is 23.4 Å². The fourth-order valence-corrected chi connectivity index (χ4v) is 3.56. The van der Waals surface area contributed by atoms with E-state index in [0.717, 1.165) is 12.1 Å². The summed E-state index contributed by atoms with van der Waals surface area (Å²) >= 11 is 6.08. The minimum absolute atomic E-state index is 0.0175. The van der Waals surface area contributed by atoms with Gasteiger partial charge >= 0.3 is 12.1 Å². The molecule has 0 spiro atoms. The monoisotopic (exact) mass is 462 g/mol. The maximum absolute atomic E-state index is 13.9. The van der Waals surface area contributed by atoms with Gasteiger partial charge in [-0.05, 0) is 66.6 Å². The molecule has 0 N–H and O–H groups in total. The van der Waals surface area contributed by atoms with E-state index in [4.69, 9.17) is 16.3 Å². The number of nitrogens with zero attached hydrogens (tertiary/aromatic N) is 2. The van der Waals surface area contributed by atoms with Crippen LogP contribution in [0.4, 0.5) is 17.6 Å². The summed E-state index contributed by atoms with van der Waals surface area (Å²) in [5.74, 6) is -1.71. The zero-order chi connectivity index (χ0) is 23.0. The van der Waals surface area contributed by atoms with Gasteiger partial charge < -0.3 is 4.74 Å². The molecule has 164 valence electrons. The van der Waals surface area contributed by atoms with Gasteiger partial charge in [-0.25, -0.2) is 13.9 Å². The Bertz CT molecular complexity index is 1330. The SMILES string of the molecule is CCOC(=O)c1nn(-c2cccc(Cl)c2)c2ccc(-c3cc(F)cc(C(F)(F)F)c3)cc12. The molecule has 4 aromatic rings. The number of alkyl halides is 3. The van der Waals surface area contributed by atoms with Crippen LogP contribution in [0, 0.1) is 5.82 Å². The number of carbonyl (C=O) groups is 1. The van der Waals surface area contributed by atoms with Gasteiger partial charge in [-0.3, -0.25) is 0 Å². The molecule has 3 aromatic carbocycles. The van der Waals surface area contributed by atoms with Crippen molar-refractivity contribution in [1.29, 1.82) is 0 Å². The molecule has 4 nitrogen and oxygen atoms in total. The highest BCUT2D eigenvalue weighted by Gasteiger charge is 2.31. The summed E-state index contributed by atoms with van der Waals surface area (Å²) in [5.41, 5.74) is 0.273. The standard InChI is InChI=1S/C23H15ClF4N2O2/c1-2-32-22(31)21-19-10-13(14-8-15(23(26,27)28)11-17(25)9-14)6-7-20(19)30(29-21)18-5-3-4-16(24)12-18/h3-12H,2H2,1H3. The Kier molecular flexibility index (Phi) is 5.64. The number of aromatic nitrogens is 2. The second-order valence-corrected chi connectivity index (χ2v) is 7.36. The highest BCUT2D eigenvalue weighted by Crippen LogP contribution is 2.35. The van der Waals surface area contributed by atoms with E-state index in [1.165, 1.54) is 16.8 Å². The molecule has 0 atom stereocenters. The molecule has 0 amide bonds. The lowest BCUT2D eigenvalue weighted by atomic mass is 10.0. The molecule has 0 fully saturated rings. The number of hydrogen-bond donors (Lipinski definition) is 0. The van der Waals surface area contributed by atoms with Crippen molar-refractivity contribution in [3.8, 4) is 16.8 Å².